The number of carbonyl (C=O) groups is 2. The summed E-state index contributed by atoms with van der Waals surface area (Å²) in [4.78, 5) is 23.9. The second kappa shape index (κ2) is 6.80. The third-order valence-electron chi connectivity index (χ3n) is 3.48. The number of carboxylic acids is 1. The van der Waals surface area contributed by atoms with Crippen LogP contribution in [0.3, 0.4) is 0 Å². The molecule has 1 aliphatic heterocycles. The first-order valence-corrected chi connectivity index (χ1v) is 7.67. The second-order valence-electron chi connectivity index (χ2n) is 5.13. The highest BCUT2D eigenvalue weighted by molar-refractivity contribution is 6.34. The number of hydrogen-bond acceptors (Lipinski definition) is 4. The van der Waals surface area contributed by atoms with Gasteiger partial charge < -0.3 is 19.9 Å². The molecule has 0 saturated carbocycles. The van der Waals surface area contributed by atoms with Gasteiger partial charge in [0.15, 0.2) is 11.5 Å². The largest absolute Gasteiger partial charge is 0.490 e. The van der Waals surface area contributed by atoms with Gasteiger partial charge in [-0.05, 0) is 12.1 Å². The van der Waals surface area contributed by atoms with E-state index in [2.05, 4.69) is 5.32 Å². The highest BCUT2D eigenvalue weighted by Crippen LogP contribution is 2.35. The molecule has 0 aliphatic carbocycles. The fourth-order valence-electron chi connectivity index (χ4n) is 2.32. The number of anilines is 1. The van der Waals surface area contributed by atoms with Gasteiger partial charge in [-0.1, -0.05) is 23.7 Å². The fraction of sp³-hybridized carbons (Fsp3) is 0.176. The first-order chi connectivity index (χ1) is 11.6. The first kappa shape index (κ1) is 16.1. The number of rotatable bonds is 3. The van der Waals surface area contributed by atoms with E-state index in [-0.39, 0.29) is 21.8 Å². The van der Waals surface area contributed by atoms with Gasteiger partial charge in [0.1, 0.15) is 0 Å². The predicted octanol–water partition coefficient (Wildman–Crippen LogP) is 3.45. The van der Waals surface area contributed by atoms with Crippen LogP contribution in [0.2, 0.25) is 5.02 Å². The smallest absolute Gasteiger partial charge is 0.337 e. The lowest BCUT2D eigenvalue weighted by Gasteiger charge is -2.14. The molecule has 2 N–H and O–H groups in total. The summed E-state index contributed by atoms with van der Waals surface area (Å²) in [6, 6.07) is 9.33. The van der Waals surface area contributed by atoms with Gasteiger partial charge in [0.25, 0.3) is 5.91 Å². The third kappa shape index (κ3) is 3.28. The minimum atomic E-state index is -1.18. The lowest BCUT2D eigenvalue weighted by molar-refractivity contribution is 0.0697. The molecular weight excluding hydrogens is 334 g/mol. The molecule has 0 radical (unpaired) electrons. The molecule has 0 bridgehead atoms. The van der Waals surface area contributed by atoms with Crippen molar-refractivity contribution in [3.05, 3.63) is 52.5 Å². The molecule has 3 rings (SSSR count). The van der Waals surface area contributed by atoms with Crippen LogP contribution in [-0.4, -0.2) is 30.2 Å². The number of amides is 1. The van der Waals surface area contributed by atoms with Crippen molar-refractivity contribution in [3.63, 3.8) is 0 Å². The minimum Gasteiger partial charge on any atom is -0.490 e. The summed E-state index contributed by atoms with van der Waals surface area (Å²) in [6.45, 7) is 0.898. The Morgan fingerprint density at radius 2 is 1.71 bits per heavy atom. The summed E-state index contributed by atoms with van der Waals surface area (Å²) in [6.07, 6.45) is 0.693. The molecular formula is C17H14ClNO5. The molecule has 2 aromatic rings. The topological polar surface area (TPSA) is 84.9 Å². The number of ether oxygens (including phenoxy) is 2. The summed E-state index contributed by atoms with van der Waals surface area (Å²) >= 11 is 6.00. The third-order valence-corrected chi connectivity index (χ3v) is 3.81. The molecule has 1 aliphatic rings. The number of benzene rings is 2. The highest BCUT2D eigenvalue weighted by atomic mass is 35.5. The van der Waals surface area contributed by atoms with Crippen LogP contribution in [0.15, 0.2) is 36.4 Å². The number of carbonyl (C=O) groups excluding carboxylic acids is 1. The molecule has 24 heavy (non-hydrogen) atoms. The molecule has 6 nitrogen and oxygen atoms in total. The summed E-state index contributed by atoms with van der Waals surface area (Å²) in [5.74, 6) is -0.940. The molecule has 0 unspecified atom stereocenters. The van der Waals surface area contributed by atoms with E-state index in [4.69, 9.17) is 21.1 Å². The number of nitrogens with one attached hydrogen (secondary N) is 1. The quantitative estimate of drug-likeness (QED) is 0.888. The van der Waals surface area contributed by atoms with Crippen molar-refractivity contribution in [2.45, 2.75) is 6.42 Å². The molecule has 7 heteroatoms. The molecule has 1 heterocycles. The molecule has 124 valence electrons. The van der Waals surface area contributed by atoms with Crippen molar-refractivity contribution in [2.75, 3.05) is 18.5 Å². The van der Waals surface area contributed by atoms with E-state index in [9.17, 15) is 14.7 Å². The first-order valence-electron chi connectivity index (χ1n) is 7.29. The van der Waals surface area contributed by atoms with Crippen LogP contribution in [0, 0.1) is 0 Å². The monoisotopic (exact) mass is 347 g/mol. The Morgan fingerprint density at radius 3 is 2.38 bits per heavy atom. The van der Waals surface area contributed by atoms with Crippen LogP contribution >= 0.6 is 11.6 Å². The van der Waals surface area contributed by atoms with Gasteiger partial charge in [-0.25, -0.2) is 4.79 Å². The Balaban J connectivity index is 1.97. The van der Waals surface area contributed by atoms with E-state index in [1.807, 2.05) is 0 Å². The van der Waals surface area contributed by atoms with E-state index in [1.54, 1.807) is 24.3 Å². The number of carboxylic acid groups (broad SMARTS) is 1. The molecule has 0 spiro atoms. The molecule has 2 aromatic carbocycles. The summed E-state index contributed by atoms with van der Waals surface area (Å²) in [5.41, 5.74) is 0.291. The van der Waals surface area contributed by atoms with Gasteiger partial charge in [0.2, 0.25) is 0 Å². The van der Waals surface area contributed by atoms with Crippen LogP contribution in [0.25, 0.3) is 0 Å². The maximum atomic E-state index is 12.4. The lowest BCUT2D eigenvalue weighted by Crippen LogP contribution is -2.15. The SMILES string of the molecule is O=C(Nc1cc2c(cc1C(=O)O)OCCCO2)c1ccccc1Cl. The molecule has 0 atom stereocenters. The summed E-state index contributed by atoms with van der Waals surface area (Å²) in [7, 11) is 0. The Morgan fingerprint density at radius 1 is 1.04 bits per heavy atom. The van der Waals surface area contributed by atoms with Gasteiger partial charge in [0, 0.05) is 18.6 Å². The Labute approximate surface area is 143 Å². The number of fused-ring (bicyclic) bond motifs is 1. The Hall–Kier alpha value is -2.73. The van der Waals surface area contributed by atoms with E-state index in [1.165, 1.54) is 12.1 Å². The normalized spacial score (nSPS) is 13.0. The van der Waals surface area contributed by atoms with Crippen LogP contribution in [0.4, 0.5) is 5.69 Å². The van der Waals surface area contributed by atoms with Crippen molar-refractivity contribution >= 4 is 29.2 Å². The van der Waals surface area contributed by atoms with E-state index in [0.717, 1.165) is 0 Å². The molecule has 1 amide bonds. The van der Waals surface area contributed by atoms with Crippen molar-refractivity contribution in [3.8, 4) is 11.5 Å². The van der Waals surface area contributed by atoms with Crippen LogP contribution in [-0.2, 0) is 0 Å². The maximum Gasteiger partial charge on any atom is 0.337 e. The number of hydrogen-bond donors (Lipinski definition) is 2. The van der Waals surface area contributed by atoms with Gasteiger partial charge in [-0.3, -0.25) is 4.79 Å². The minimum absolute atomic E-state index is 0.0837. The van der Waals surface area contributed by atoms with Gasteiger partial charge in [-0.2, -0.15) is 0 Å². The molecule has 0 fully saturated rings. The molecule has 0 aromatic heterocycles. The lowest BCUT2D eigenvalue weighted by atomic mass is 10.1. The van der Waals surface area contributed by atoms with Gasteiger partial charge in [0.05, 0.1) is 35.1 Å². The standard InChI is InChI=1S/C17H14ClNO5/c18-12-5-2-1-4-10(12)16(20)19-13-9-15-14(8-11(13)17(21)22)23-6-3-7-24-15/h1-2,4-5,8-9H,3,6-7H2,(H,19,20)(H,21,22). The van der Waals surface area contributed by atoms with Gasteiger partial charge >= 0.3 is 5.97 Å². The Kier molecular flexibility index (Phi) is 4.57. The van der Waals surface area contributed by atoms with Crippen LogP contribution in [0.1, 0.15) is 27.1 Å². The Bertz CT molecular complexity index is 806. The highest BCUT2D eigenvalue weighted by Gasteiger charge is 2.21. The van der Waals surface area contributed by atoms with E-state index in [0.29, 0.717) is 31.1 Å². The van der Waals surface area contributed by atoms with E-state index >= 15 is 0 Å². The summed E-state index contributed by atoms with van der Waals surface area (Å²) in [5, 5.41) is 12.3. The zero-order chi connectivity index (χ0) is 17.1. The van der Waals surface area contributed by atoms with Crippen LogP contribution < -0.4 is 14.8 Å². The summed E-state index contributed by atoms with van der Waals surface area (Å²) < 4.78 is 11.0. The second-order valence-corrected chi connectivity index (χ2v) is 5.54. The zero-order valence-corrected chi connectivity index (χ0v) is 13.3. The average Bonchev–Trinajstić information content (AvgIpc) is 2.79. The average molecular weight is 348 g/mol. The number of halogens is 1. The zero-order valence-electron chi connectivity index (χ0n) is 12.5. The van der Waals surface area contributed by atoms with Crippen molar-refractivity contribution < 1.29 is 24.2 Å². The predicted molar refractivity (Wildman–Crippen MR) is 88.4 cm³/mol. The fourth-order valence-corrected chi connectivity index (χ4v) is 2.55. The van der Waals surface area contributed by atoms with Gasteiger partial charge in [-0.15, -0.1) is 0 Å². The molecule has 0 saturated heterocycles. The van der Waals surface area contributed by atoms with Crippen molar-refractivity contribution in [2.24, 2.45) is 0 Å². The van der Waals surface area contributed by atoms with Crippen LogP contribution in [0.5, 0.6) is 11.5 Å². The van der Waals surface area contributed by atoms with Crippen molar-refractivity contribution in [1.29, 1.82) is 0 Å². The van der Waals surface area contributed by atoms with E-state index < -0.39 is 11.9 Å². The van der Waals surface area contributed by atoms with Crippen molar-refractivity contribution in [1.82, 2.24) is 0 Å². The number of aromatic carboxylic acids is 1. The maximum absolute atomic E-state index is 12.4.